The van der Waals surface area contributed by atoms with Gasteiger partial charge in [-0.15, -0.1) is 0 Å². The van der Waals surface area contributed by atoms with Crippen molar-refractivity contribution in [3.8, 4) is 28.6 Å². The zero-order valence-corrected chi connectivity index (χ0v) is 16.9. The maximum Gasteiger partial charge on any atom is 0.269 e. The number of benzene rings is 2. The summed E-state index contributed by atoms with van der Waals surface area (Å²) in [6.07, 6.45) is 4.36. The van der Waals surface area contributed by atoms with Crippen LogP contribution in [0.2, 0.25) is 0 Å². The van der Waals surface area contributed by atoms with E-state index in [2.05, 4.69) is 10.1 Å². The average molecular weight is 422 g/mol. The number of nitro benzene ring substituents is 1. The van der Waals surface area contributed by atoms with Gasteiger partial charge in [-0.05, 0) is 37.1 Å². The zero-order valence-electron chi connectivity index (χ0n) is 16.9. The van der Waals surface area contributed by atoms with Gasteiger partial charge in [-0.1, -0.05) is 30.1 Å². The number of aromatic nitrogens is 2. The first-order chi connectivity index (χ1) is 15.1. The Morgan fingerprint density at radius 3 is 2.48 bits per heavy atom. The van der Waals surface area contributed by atoms with Crippen molar-refractivity contribution in [2.45, 2.75) is 25.7 Å². The van der Waals surface area contributed by atoms with Crippen LogP contribution in [0.25, 0.3) is 22.8 Å². The summed E-state index contributed by atoms with van der Waals surface area (Å²) in [5.74, 6) is 1.00. The molecule has 1 aliphatic heterocycles. The van der Waals surface area contributed by atoms with Crippen molar-refractivity contribution in [3.63, 3.8) is 0 Å². The topological polar surface area (TPSA) is 112 Å². The fraction of sp³-hybridized carbons (Fsp3) is 0.318. The first-order valence-electron chi connectivity index (χ1n) is 10.2. The Morgan fingerprint density at radius 1 is 1.06 bits per heavy atom. The second kappa shape index (κ2) is 9.38. The van der Waals surface area contributed by atoms with Gasteiger partial charge in [-0.25, -0.2) is 0 Å². The first kappa shape index (κ1) is 20.5. The second-order valence-corrected chi connectivity index (χ2v) is 7.31. The van der Waals surface area contributed by atoms with E-state index in [1.807, 2.05) is 17.0 Å². The van der Waals surface area contributed by atoms with E-state index in [1.54, 1.807) is 24.3 Å². The number of carbonyl (C=O) groups excluding carboxylic acids is 1. The molecule has 160 valence electrons. The molecular weight excluding hydrogens is 400 g/mol. The molecule has 1 aromatic heterocycles. The largest absolute Gasteiger partial charge is 0.483 e. The molecule has 31 heavy (non-hydrogen) atoms. The van der Waals surface area contributed by atoms with Gasteiger partial charge in [-0.2, -0.15) is 4.98 Å². The summed E-state index contributed by atoms with van der Waals surface area (Å²) in [4.78, 5) is 29.1. The number of amides is 1. The molecule has 0 bridgehead atoms. The number of likely N-dealkylation sites (tertiary alicyclic amines) is 1. The normalized spacial score (nSPS) is 14.1. The van der Waals surface area contributed by atoms with Crippen LogP contribution >= 0.6 is 0 Å². The van der Waals surface area contributed by atoms with E-state index in [9.17, 15) is 14.9 Å². The number of rotatable bonds is 6. The predicted molar refractivity (Wildman–Crippen MR) is 112 cm³/mol. The second-order valence-electron chi connectivity index (χ2n) is 7.31. The molecule has 0 unspecified atom stereocenters. The highest BCUT2D eigenvalue weighted by Gasteiger charge is 2.19. The summed E-state index contributed by atoms with van der Waals surface area (Å²) < 4.78 is 11.2. The lowest BCUT2D eigenvalue weighted by molar-refractivity contribution is -0.384. The monoisotopic (exact) mass is 422 g/mol. The standard InChI is InChI=1S/C22H22N4O5/c27-20(25-13-5-1-2-6-14-25)15-30-19-8-4-3-7-18(19)21-23-22(31-24-21)16-9-11-17(12-10-16)26(28)29/h3-4,7-12H,1-2,5-6,13-15H2. The van der Waals surface area contributed by atoms with Crippen LogP contribution in [0.4, 0.5) is 5.69 Å². The quantitative estimate of drug-likeness (QED) is 0.434. The minimum Gasteiger partial charge on any atom is -0.483 e. The number of carbonyl (C=O) groups is 1. The maximum atomic E-state index is 12.5. The fourth-order valence-electron chi connectivity index (χ4n) is 3.50. The molecule has 0 aliphatic carbocycles. The summed E-state index contributed by atoms with van der Waals surface area (Å²) in [5.41, 5.74) is 1.15. The Balaban J connectivity index is 1.48. The third kappa shape index (κ3) is 4.88. The van der Waals surface area contributed by atoms with Crippen molar-refractivity contribution < 1.29 is 19.0 Å². The van der Waals surface area contributed by atoms with Gasteiger partial charge in [0.25, 0.3) is 17.5 Å². The lowest BCUT2D eigenvalue weighted by atomic mass is 10.2. The molecule has 1 aliphatic rings. The van der Waals surface area contributed by atoms with E-state index in [-0.39, 0.29) is 24.1 Å². The average Bonchev–Trinajstić information content (AvgIpc) is 3.12. The van der Waals surface area contributed by atoms with Gasteiger partial charge in [0.1, 0.15) is 5.75 Å². The van der Waals surface area contributed by atoms with Crippen LogP contribution < -0.4 is 4.74 Å². The molecule has 2 aromatic carbocycles. The molecule has 0 N–H and O–H groups in total. The highest BCUT2D eigenvalue weighted by atomic mass is 16.6. The van der Waals surface area contributed by atoms with Crippen LogP contribution in [0.15, 0.2) is 53.1 Å². The highest BCUT2D eigenvalue weighted by molar-refractivity contribution is 5.78. The van der Waals surface area contributed by atoms with E-state index in [4.69, 9.17) is 9.26 Å². The molecule has 0 radical (unpaired) electrons. The molecule has 9 heteroatoms. The van der Waals surface area contributed by atoms with E-state index in [0.717, 1.165) is 38.8 Å². The van der Waals surface area contributed by atoms with Crippen molar-refractivity contribution in [1.29, 1.82) is 0 Å². The lowest BCUT2D eigenvalue weighted by Gasteiger charge is -2.20. The summed E-state index contributed by atoms with van der Waals surface area (Å²) >= 11 is 0. The zero-order chi connectivity index (χ0) is 21.6. The molecule has 9 nitrogen and oxygen atoms in total. The Morgan fingerprint density at radius 2 is 1.77 bits per heavy atom. The minimum atomic E-state index is -0.469. The summed E-state index contributed by atoms with van der Waals surface area (Å²) in [5, 5.41) is 14.8. The highest BCUT2D eigenvalue weighted by Crippen LogP contribution is 2.30. The van der Waals surface area contributed by atoms with Gasteiger partial charge in [0.15, 0.2) is 6.61 Å². The summed E-state index contributed by atoms with van der Waals surface area (Å²) in [7, 11) is 0. The number of ether oxygens (including phenoxy) is 1. The predicted octanol–water partition coefficient (Wildman–Crippen LogP) is 4.09. The van der Waals surface area contributed by atoms with Gasteiger partial charge >= 0.3 is 0 Å². The van der Waals surface area contributed by atoms with E-state index >= 15 is 0 Å². The SMILES string of the molecule is O=C(COc1ccccc1-c1noc(-c2ccc([N+](=O)[O-])cc2)n1)N1CCCCCC1. The van der Waals surface area contributed by atoms with Crippen molar-refractivity contribution in [1.82, 2.24) is 15.0 Å². The molecule has 1 fully saturated rings. The number of para-hydroxylation sites is 1. The van der Waals surface area contributed by atoms with Crippen LogP contribution in [-0.4, -0.2) is 45.6 Å². The van der Waals surface area contributed by atoms with Gasteiger partial charge in [0.05, 0.1) is 10.5 Å². The Labute approximate surface area is 178 Å². The number of nitro groups is 1. The van der Waals surface area contributed by atoms with Crippen LogP contribution in [0.1, 0.15) is 25.7 Å². The maximum absolute atomic E-state index is 12.5. The van der Waals surface area contributed by atoms with E-state index in [0.29, 0.717) is 22.7 Å². The van der Waals surface area contributed by atoms with Gasteiger partial charge in [0.2, 0.25) is 5.82 Å². The van der Waals surface area contributed by atoms with E-state index < -0.39 is 4.92 Å². The Bertz CT molecular complexity index is 1060. The third-order valence-corrected chi connectivity index (χ3v) is 5.19. The van der Waals surface area contributed by atoms with Crippen molar-refractivity contribution in [2.75, 3.05) is 19.7 Å². The van der Waals surface area contributed by atoms with Crippen LogP contribution in [0.3, 0.4) is 0 Å². The summed E-state index contributed by atoms with van der Waals surface area (Å²) in [6.45, 7) is 1.49. The Hall–Kier alpha value is -3.75. The lowest BCUT2D eigenvalue weighted by Crippen LogP contribution is -2.35. The smallest absolute Gasteiger partial charge is 0.269 e. The molecule has 0 atom stereocenters. The van der Waals surface area contributed by atoms with Crippen molar-refractivity contribution in [3.05, 3.63) is 58.6 Å². The Kier molecular flexibility index (Phi) is 6.21. The third-order valence-electron chi connectivity index (χ3n) is 5.19. The molecule has 1 saturated heterocycles. The number of non-ortho nitro benzene ring substituents is 1. The van der Waals surface area contributed by atoms with Gasteiger partial charge in [-0.3, -0.25) is 14.9 Å². The summed E-state index contributed by atoms with van der Waals surface area (Å²) in [6, 6.07) is 13.0. The molecule has 4 rings (SSSR count). The number of hydrogen-bond acceptors (Lipinski definition) is 7. The van der Waals surface area contributed by atoms with Gasteiger partial charge < -0.3 is 14.2 Å². The van der Waals surface area contributed by atoms with Crippen molar-refractivity contribution in [2.24, 2.45) is 0 Å². The van der Waals surface area contributed by atoms with Crippen LogP contribution in [0.5, 0.6) is 5.75 Å². The van der Waals surface area contributed by atoms with E-state index in [1.165, 1.54) is 12.1 Å². The number of nitrogens with zero attached hydrogens (tertiary/aromatic N) is 4. The molecular formula is C22H22N4O5. The molecule has 3 aromatic rings. The molecule has 2 heterocycles. The molecule has 1 amide bonds. The minimum absolute atomic E-state index is 0.0173. The molecule has 0 saturated carbocycles. The number of hydrogen-bond donors (Lipinski definition) is 0. The fourth-order valence-corrected chi connectivity index (χ4v) is 3.50. The van der Waals surface area contributed by atoms with Gasteiger partial charge in [0, 0.05) is 30.8 Å². The van der Waals surface area contributed by atoms with Crippen molar-refractivity contribution >= 4 is 11.6 Å². The van der Waals surface area contributed by atoms with Crippen LogP contribution in [-0.2, 0) is 4.79 Å². The first-order valence-corrected chi connectivity index (χ1v) is 10.2. The van der Waals surface area contributed by atoms with Crippen LogP contribution in [0, 0.1) is 10.1 Å². The molecule has 0 spiro atoms.